The van der Waals surface area contributed by atoms with Gasteiger partial charge in [-0.05, 0) is 30.3 Å². The van der Waals surface area contributed by atoms with E-state index in [1.807, 2.05) is 16.9 Å². The van der Waals surface area contributed by atoms with Gasteiger partial charge >= 0.3 is 0 Å². The number of halogens is 2. The second kappa shape index (κ2) is 5.98. The molecule has 1 aromatic heterocycles. The summed E-state index contributed by atoms with van der Waals surface area (Å²) >= 11 is 5.74. The fourth-order valence-corrected chi connectivity index (χ4v) is 1.87. The molecule has 2 aromatic rings. The first-order valence-electron chi connectivity index (χ1n) is 5.86. The Morgan fingerprint density at radius 3 is 2.94 bits per heavy atom. The molecule has 1 N–H and O–H groups in total. The molecule has 3 nitrogen and oxygen atoms in total. The minimum atomic E-state index is -0.395. The molecule has 0 radical (unpaired) electrons. The lowest BCUT2D eigenvalue weighted by Crippen LogP contribution is -2.12. The van der Waals surface area contributed by atoms with Gasteiger partial charge in [0.1, 0.15) is 5.82 Å². The highest BCUT2D eigenvalue weighted by molar-refractivity contribution is 6.30. The molecule has 2 rings (SSSR count). The molecule has 0 spiro atoms. The lowest BCUT2D eigenvalue weighted by Gasteiger charge is -2.03. The van der Waals surface area contributed by atoms with Crippen molar-refractivity contribution in [2.45, 2.75) is 20.0 Å². The van der Waals surface area contributed by atoms with Crippen molar-refractivity contribution in [3.63, 3.8) is 0 Å². The van der Waals surface area contributed by atoms with Crippen molar-refractivity contribution in [3.05, 3.63) is 52.6 Å². The van der Waals surface area contributed by atoms with Gasteiger partial charge in [-0.25, -0.2) is 4.39 Å². The molecule has 96 valence electrons. The van der Waals surface area contributed by atoms with E-state index in [0.717, 1.165) is 24.3 Å². The second-order valence-electron chi connectivity index (χ2n) is 4.03. The fraction of sp³-hybridized carbons (Fsp3) is 0.308. The zero-order valence-corrected chi connectivity index (χ0v) is 10.9. The first-order valence-corrected chi connectivity index (χ1v) is 6.24. The van der Waals surface area contributed by atoms with Gasteiger partial charge in [-0.1, -0.05) is 24.6 Å². The Hall–Kier alpha value is -1.39. The molecule has 0 atom stereocenters. The molecular weight excluding hydrogens is 253 g/mol. The molecule has 0 aliphatic carbocycles. The maximum absolute atomic E-state index is 13.0. The SMILES string of the molecule is CCNCc1ccn(Cc2ccc(F)c(Cl)c2)n1. The van der Waals surface area contributed by atoms with Crippen LogP contribution >= 0.6 is 11.6 Å². The third kappa shape index (κ3) is 3.31. The minimum absolute atomic E-state index is 0.146. The molecule has 5 heteroatoms. The third-order valence-corrected chi connectivity index (χ3v) is 2.87. The molecule has 0 bridgehead atoms. The summed E-state index contributed by atoms with van der Waals surface area (Å²) < 4.78 is 14.8. The Morgan fingerprint density at radius 1 is 1.39 bits per heavy atom. The predicted octanol–water partition coefficient (Wildman–Crippen LogP) is 2.83. The maximum atomic E-state index is 13.0. The van der Waals surface area contributed by atoms with Gasteiger partial charge in [0.05, 0.1) is 17.3 Å². The lowest BCUT2D eigenvalue weighted by molar-refractivity contribution is 0.622. The van der Waals surface area contributed by atoms with Crippen LogP contribution in [0.1, 0.15) is 18.2 Å². The normalized spacial score (nSPS) is 10.8. The first-order chi connectivity index (χ1) is 8.69. The summed E-state index contributed by atoms with van der Waals surface area (Å²) in [7, 11) is 0. The quantitative estimate of drug-likeness (QED) is 0.903. The summed E-state index contributed by atoms with van der Waals surface area (Å²) in [6, 6.07) is 6.68. The van der Waals surface area contributed by atoms with Crippen LogP contribution in [0.15, 0.2) is 30.5 Å². The summed E-state index contributed by atoms with van der Waals surface area (Å²) in [4.78, 5) is 0. The van der Waals surface area contributed by atoms with E-state index in [-0.39, 0.29) is 5.02 Å². The Morgan fingerprint density at radius 2 is 2.22 bits per heavy atom. The number of nitrogens with zero attached hydrogens (tertiary/aromatic N) is 2. The van der Waals surface area contributed by atoms with Crippen molar-refractivity contribution < 1.29 is 4.39 Å². The van der Waals surface area contributed by atoms with Gasteiger partial charge in [0, 0.05) is 12.7 Å². The van der Waals surface area contributed by atoms with E-state index in [9.17, 15) is 4.39 Å². The monoisotopic (exact) mass is 267 g/mol. The van der Waals surface area contributed by atoms with Crippen LogP contribution < -0.4 is 5.32 Å². The molecule has 0 amide bonds. The van der Waals surface area contributed by atoms with E-state index in [0.29, 0.717) is 6.54 Å². The average molecular weight is 268 g/mol. The first kappa shape index (κ1) is 13.1. The molecule has 0 aliphatic rings. The molecular formula is C13H15ClFN3. The Bertz CT molecular complexity index is 525. The van der Waals surface area contributed by atoms with E-state index < -0.39 is 5.82 Å². The molecule has 0 unspecified atom stereocenters. The van der Waals surface area contributed by atoms with Crippen molar-refractivity contribution in [1.82, 2.24) is 15.1 Å². The van der Waals surface area contributed by atoms with Crippen LogP contribution in [0.2, 0.25) is 5.02 Å². The Labute approximate surface area is 111 Å². The predicted molar refractivity (Wildman–Crippen MR) is 70.1 cm³/mol. The van der Waals surface area contributed by atoms with Gasteiger partial charge in [-0.3, -0.25) is 4.68 Å². The highest BCUT2D eigenvalue weighted by Gasteiger charge is 2.03. The van der Waals surface area contributed by atoms with Gasteiger partial charge in [-0.2, -0.15) is 5.10 Å². The summed E-state index contributed by atoms with van der Waals surface area (Å²) in [6.45, 7) is 4.32. The zero-order valence-electron chi connectivity index (χ0n) is 10.2. The van der Waals surface area contributed by atoms with Gasteiger partial charge in [-0.15, -0.1) is 0 Å². The van der Waals surface area contributed by atoms with Crippen molar-refractivity contribution in [3.8, 4) is 0 Å². The van der Waals surface area contributed by atoms with Gasteiger partial charge in [0.2, 0.25) is 0 Å². The second-order valence-corrected chi connectivity index (χ2v) is 4.44. The van der Waals surface area contributed by atoms with Gasteiger partial charge in [0.15, 0.2) is 0 Å². The molecule has 1 aromatic carbocycles. The Balaban J connectivity index is 2.04. The van der Waals surface area contributed by atoms with E-state index in [1.54, 1.807) is 12.1 Å². The number of aromatic nitrogens is 2. The topological polar surface area (TPSA) is 29.9 Å². The van der Waals surface area contributed by atoms with E-state index >= 15 is 0 Å². The van der Waals surface area contributed by atoms with E-state index in [2.05, 4.69) is 17.3 Å². The lowest BCUT2D eigenvalue weighted by atomic mass is 10.2. The number of rotatable bonds is 5. The standard InChI is InChI=1S/C13H15ClFN3/c1-2-16-8-11-5-6-18(17-11)9-10-3-4-13(15)12(14)7-10/h3-7,16H,2,8-9H2,1H3. The Kier molecular flexibility index (Phi) is 4.33. The van der Waals surface area contributed by atoms with Crippen LogP contribution in [0.5, 0.6) is 0 Å². The number of nitrogens with one attached hydrogen (secondary N) is 1. The van der Waals surface area contributed by atoms with Crippen LogP contribution in [-0.4, -0.2) is 16.3 Å². The molecule has 0 fully saturated rings. The molecule has 0 aliphatic heterocycles. The van der Waals surface area contributed by atoms with Gasteiger partial charge in [0.25, 0.3) is 0 Å². The average Bonchev–Trinajstić information content (AvgIpc) is 2.79. The van der Waals surface area contributed by atoms with Crippen molar-refractivity contribution in [2.75, 3.05) is 6.54 Å². The molecule has 18 heavy (non-hydrogen) atoms. The zero-order chi connectivity index (χ0) is 13.0. The third-order valence-electron chi connectivity index (χ3n) is 2.58. The number of hydrogen-bond donors (Lipinski definition) is 1. The van der Waals surface area contributed by atoms with E-state index in [4.69, 9.17) is 11.6 Å². The highest BCUT2D eigenvalue weighted by atomic mass is 35.5. The molecule has 1 heterocycles. The van der Waals surface area contributed by atoms with E-state index in [1.165, 1.54) is 6.07 Å². The smallest absolute Gasteiger partial charge is 0.141 e. The maximum Gasteiger partial charge on any atom is 0.141 e. The van der Waals surface area contributed by atoms with Crippen molar-refractivity contribution >= 4 is 11.6 Å². The summed E-state index contributed by atoms with van der Waals surface area (Å²) in [6.07, 6.45) is 1.91. The summed E-state index contributed by atoms with van der Waals surface area (Å²) in [5.74, 6) is -0.395. The van der Waals surface area contributed by atoms with Crippen LogP contribution in [-0.2, 0) is 13.1 Å². The molecule has 0 saturated heterocycles. The van der Waals surface area contributed by atoms with Crippen molar-refractivity contribution in [1.29, 1.82) is 0 Å². The number of benzene rings is 1. The van der Waals surface area contributed by atoms with Gasteiger partial charge < -0.3 is 5.32 Å². The van der Waals surface area contributed by atoms with Crippen molar-refractivity contribution in [2.24, 2.45) is 0 Å². The van der Waals surface area contributed by atoms with Crippen LogP contribution in [0.4, 0.5) is 4.39 Å². The largest absolute Gasteiger partial charge is 0.311 e. The van der Waals surface area contributed by atoms with Crippen LogP contribution in [0.25, 0.3) is 0 Å². The fourth-order valence-electron chi connectivity index (χ4n) is 1.66. The summed E-state index contributed by atoms with van der Waals surface area (Å²) in [5.41, 5.74) is 1.92. The highest BCUT2D eigenvalue weighted by Crippen LogP contribution is 2.16. The molecule has 0 saturated carbocycles. The summed E-state index contributed by atoms with van der Waals surface area (Å²) in [5, 5.41) is 7.77. The van der Waals surface area contributed by atoms with Crippen LogP contribution in [0, 0.1) is 5.82 Å². The minimum Gasteiger partial charge on any atom is -0.311 e. The number of hydrogen-bond acceptors (Lipinski definition) is 2. The van der Waals surface area contributed by atoms with Crippen LogP contribution in [0.3, 0.4) is 0 Å².